The van der Waals surface area contributed by atoms with Crippen molar-refractivity contribution in [2.45, 2.75) is 25.7 Å². The lowest BCUT2D eigenvalue weighted by atomic mass is 10.2. The largest absolute Gasteiger partial charge is 0.481 e. The van der Waals surface area contributed by atoms with E-state index in [9.17, 15) is 4.79 Å². The Labute approximate surface area is 79.7 Å². The van der Waals surface area contributed by atoms with Gasteiger partial charge in [0, 0.05) is 13.0 Å². The number of likely N-dealkylation sites (N-methyl/N-ethyl adjacent to an activating group) is 1. The zero-order chi connectivity index (χ0) is 10.1. The number of rotatable bonds is 8. The molecule has 0 aliphatic heterocycles. The number of quaternary nitrogens is 1. The van der Waals surface area contributed by atoms with Gasteiger partial charge in [0.1, 0.15) is 0 Å². The summed E-state index contributed by atoms with van der Waals surface area (Å²) < 4.78 is 0. The topological polar surface area (TPSA) is 67.8 Å². The summed E-state index contributed by atoms with van der Waals surface area (Å²) in [5.41, 5.74) is 5.40. The van der Waals surface area contributed by atoms with Crippen molar-refractivity contribution in [2.75, 3.05) is 26.7 Å². The number of hydrogen-bond donors (Lipinski definition) is 3. The van der Waals surface area contributed by atoms with Crippen molar-refractivity contribution in [3.8, 4) is 0 Å². The lowest BCUT2D eigenvalue weighted by Gasteiger charge is -2.11. The fourth-order valence-corrected chi connectivity index (χ4v) is 1.25. The van der Waals surface area contributed by atoms with Gasteiger partial charge in [-0.05, 0) is 19.3 Å². The molecule has 13 heavy (non-hydrogen) atoms. The molecule has 0 heterocycles. The molecule has 0 saturated carbocycles. The van der Waals surface area contributed by atoms with E-state index in [0.717, 1.165) is 38.9 Å². The SMILES string of the molecule is C[NH+](CCN)CCCCCC(=O)O. The van der Waals surface area contributed by atoms with E-state index in [2.05, 4.69) is 7.05 Å². The first kappa shape index (κ1) is 12.4. The molecule has 0 saturated heterocycles. The Morgan fingerprint density at radius 3 is 2.54 bits per heavy atom. The van der Waals surface area contributed by atoms with Crippen LogP contribution in [0.15, 0.2) is 0 Å². The minimum atomic E-state index is -0.692. The molecule has 4 N–H and O–H groups in total. The Kier molecular flexibility index (Phi) is 7.63. The third-order valence-electron chi connectivity index (χ3n) is 2.07. The molecule has 0 aromatic carbocycles. The molecule has 0 spiro atoms. The Morgan fingerprint density at radius 2 is 2.00 bits per heavy atom. The summed E-state index contributed by atoms with van der Waals surface area (Å²) in [6, 6.07) is 0. The number of hydrogen-bond acceptors (Lipinski definition) is 2. The highest BCUT2D eigenvalue weighted by Gasteiger charge is 2.00. The molecule has 0 aromatic rings. The quantitative estimate of drug-likeness (QED) is 0.434. The Morgan fingerprint density at radius 1 is 1.31 bits per heavy atom. The number of carboxylic acids is 1. The summed E-state index contributed by atoms with van der Waals surface area (Å²) in [4.78, 5) is 11.6. The van der Waals surface area contributed by atoms with Crippen molar-refractivity contribution < 1.29 is 14.8 Å². The second kappa shape index (κ2) is 8.01. The molecule has 0 aliphatic carbocycles. The second-order valence-electron chi connectivity index (χ2n) is 3.45. The molecule has 0 amide bonds. The molecular weight excluding hydrogens is 168 g/mol. The van der Waals surface area contributed by atoms with Gasteiger partial charge in [0.05, 0.1) is 20.1 Å². The molecule has 0 aromatic heterocycles. The van der Waals surface area contributed by atoms with Crippen LogP contribution in [0.5, 0.6) is 0 Å². The van der Waals surface area contributed by atoms with Crippen molar-refractivity contribution >= 4 is 5.97 Å². The van der Waals surface area contributed by atoms with Crippen LogP contribution in [0.3, 0.4) is 0 Å². The lowest BCUT2D eigenvalue weighted by Crippen LogP contribution is -3.09. The van der Waals surface area contributed by atoms with Gasteiger partial charge in [0.25, 0.3) is 0 Å². The summed E-state index contributed by atoms with van der Waals surface area (Å²) in [5, 5.41) is 8.38. The van der Waals surface area contributed by atoms with Crippen molar-refractivity contribution in [3.63, 3.8) is 0 Å². The van der Waals surface area contributed by atoms with Crippen molar-refractivity contribution in [1.29, 1.82) is 0 Å². The third-order valence-corrected chi connectivity index (χ3v) is 2.07. The summed E-state index contributed by atoms with van der Waals surface area (Å²) >= 11 is 0. The number of nitrogens with one attached hydrogen (secondary N) is 1. The zero-order valence-electron chi connectivity index (χ0n) is 8.38. The van der Waals surface area contributed by atoms with Crippen LogP contribution in [-0.2, 0) is 4.79 Å². The maximum atomic E-state index is 10.2. The molecule has 78 valence electrons. The summed E-state index contributed by atoms with van der Waals surface area (Å²) in [7, 11) is 2.12. The second-order valence-corrected chi connectivity index (χ2v) is 3.45. The molecule has 0 aliphatic rings. The molecule has 4 heteroatoms. The van der Waals surface area contributed by atoms with Crippen LogP contribution in [-0.4, -0.2) is 37.8 Å². The van der Waals surface area contributed by atoms with Crippen LogP contribution in [0.25, 0.3) is 0 Å². The molecular formula is C9H21N2O2+. The highest BCUT2D eigenvalue weighted by atomic mass is 16.4. The maximum Gasteiger partial charge on any atom is 0.303 e. The highest BCUT2D eigenvalue weighted by molar-refractivity contribution is 5.66. The predicted molar refractivity (Wildman–Crippen MR) is 51.8 cm³/mol. The van der Waals surface area contributed by atoms with Crippen molar-refractivity contribution in [1.82, 2.24) is 0 Å². The van der Waals surface area contributed by atoms with Gasteiger partial charge in [0.15, 0.2) is 0 Å². The number of unbranched alkanes of at least 4 members (excludes halogenated alkanes) is 2. The normalized spacial score (nSPS) is 12.8. The molecule has 1 atom stereocenters. The Balaban J connectivity index is 3.11. The van der Waals surface area contributed by atoms with E-state index in [-0.39, 0.29) is 0 Å². The molecule has 0 fully saturated rings. The fourth-order valence-electron chi connectivity index (χ4n) is 1.25. The Hall–Kier alpha value is -0.610. The molecule has 4 nitrogen and oxygen atoms in total. The molecule has 1 unspecified atom stereocenters. The summed E-state index contributed by atoms with van der Waals surface area (Å²) in [6.07, 6.45) is 3.20. The summed E-state index contributed by atoms with van der Waals surface area (Å²) in [6.45, 7) is 2.82. The molecule has 0 radical (unpaired) electrons. The van der Waals surface area contributed by atoms with E-state index in [1.165, 1.54) is 4.90 Å². The average Bonchev–Trinajstić information content (AvgIpc) is 2.03. The van der Waals surface area contributed by atoms with Gasteiger partial charge in [-0.1, -0.05) is 0 Å². The summed E-state index contributed by atoms with van der Waals surface area (Å²) in [5.74, 6) is -0.692. The monoisotopic (exact) mass is 189 g/mol. The first-order valence-electron chi connectivity index (χ1n) is 4.90. The fraction of sp³-hybridized carbons (Fsp3) is 0.889. The van der Waals surface area contributed by atoms with E-state index in [1.54, 1.807) is 0 Å². The highest BCUT2D eigenvalue weighted by Crippen LogP contribution is 1.97. The van der Waals surface area contributed by atoms with E-state index in [0.29, 0.717) is 6.42 Å². The third kappa shape index (κ3) is 9.30. The average molecular weight is 189 g/mol. The minimum absolute atomic E-state index is 0.302. The van der Waals surface area contributed by atoms with Gasteiger partial charge in [0.2, 0.25) is 0 Å². The van der Waals surface area contributed by atoms with Crippen LogP contribution >= 0.6 is 0 Å². The number of carboxylic acid groups (broad SMARTS) is 1. The number of aliphatic carboxylic acids is 1. The lowest BCUT2D eigenvalue weighted by molar-refractivity contribution is -0.878. The molecule has 0 bridgehead atoms. The predicted octanol–water partition coefficient (Wildman–Crippen LogP) is -0.895. The van der Waals surface area contributed by atoms with E-state index in [1.807, 2.05) is 0 Å². The Bertz CT molecular complexity index is 140. The van der Waals surface area contributed by atoms with Crippen LogP contribution in [0.1, 0.15) is 25.7 Å². The van der Waals surface area contributed by atoms with E-state index >= 15 is 0 Å². The van der Waals surface area contributed by atoms with Crippen molar-refractivity contribution in [3.05, 3.63) is 0 Å². The standard InChI is InChI=1S/C9H20N2O2/c1-11(8-6-10)7-4-2-3-5-9(12)13/h2-8,10H2,1H3,(H,12,13)/p+1. The first-order valence-corrected chi connectivity index (χ1v) is 4.90. The van der Waals surface area contributed by atoms with Crippen LogP contribution < -0.4 is 10.6 Å². The molecule has 0 rings (SSSR count). The maximum absolute atomic E-state index is 10.2. The van der Waals surface area contributed by atoms with E-state index in [4.69, 9.17) is 10.8 Å². The van der Waals surface area contributed by atoms with Gasteiger partial charge in [-0.25, -0.2) is 0 Å². The van der Waals surface area contributed by atoms with Gasteiger partial charge in [-0.2, -0.15) is 0 Å². The van der Waals surface area contributed by atoms with Gasteiger partial charge >= 0.3 is 5.97 Å². The van der Waals surface area contributed by atoms with Crippen LogP contribution in [0.4, 0.5) is 0 Å². The number of nitrogens with two attached hydrogens (primary N) is 1. The minimum Gasteiger partial charge on any atom is -0.481 e. The van der Waals surface area contributed by atoms with Crippen molar-refractivity contribution in [2.24, 2.45) is 5.73 Å². The first-order chi connectivity index (χ1) is 6.16. The van der Waals surface area contributed by atoms with Gasteiger partial charge < -0.3 is 15.7 Å². The smallest absolute Gasteiger partial charge is 0.303 e. The van der Waals surface area contributed by atoms with Gasteiger partial charge in [-0.3, -0.25) is 4.79 Å². The number of carbonyl (C=O) groups is 1. The zero-order valence-corrected chi connectivity index (χ0v) is 8.38. The van der Waals surface area contributed by atoms with Crippen LogP contribution in [0, 0.1) is 0 Å². The van der Waals surface area contributed by atoms with Crippen LogP contribution in [0.2, 0.25) is 0 Å². The van der Waals surface area contributed by atoms with E-state index < -0.39 is 5.97 Å². The van der Waals surface area contributed by atoms with Gasteiger partial charge in [-0.15, -0.1) is 0 Å².